The van der Waals surface area contributed by atoms with Crippen molar-refractivity contribution in [2.24, 2.45) is 0 Å². The maximum Gasteiger partial charge on any atom is 0.325 e. The summed E-state index contributed by atoms with van der Waals surface area (Å²) < 4.78 is 1.55. The number of rotatable bonds is 4. The fourth-order valence-electron chi connectivity index (χ4n) is 2.45. The van der Waals surface area contributed by atoms with E-state index >= 15 is 0 Å². The maximum absolute atomic E-state index is 12.7. The molecule has 1 aliphatic heterocycles. The lowest BCUT2D eigenvalue weighted by atomic mass is 9.92. The molecule has 1 atom stereocenters. The maximum atomic E-state index is 12.7. The summed E-state index contributed by atoms with van der Waals surface area (Å²) >= 11 is 11.9. The van der Waals surface area contributed by atoms with Gasteiger partial charge in [0.2, 0.25) is 0 Å². The SMILES string of the molecule is CC1(c2ccc(Cl)c(Cl)c2)NC(=O)N(CCn2cncn2)C1=O. The zero-order valence-corrected chi connectivity index (χ0v) is 13.7. The van der Waals surface area contributed by atoms with Crippen molar-refractivity contribution in [3.05, 3.63) is 46.5 Å². The summed E-state index contributed by atoms with van der Waals surface area (Å²) in [7, 11) is 0. The monoisotopic (exact) mass is 353 g/mol. The Bertz CT molecular complexity index is 765. The Hall–Kier alpha value is -2.12. The number of benzene rings is 1. The number of imide groups is 1. The Morgan fingerprint density at radius 3 is 2.65 bits per heavy atom. The third-order valence-corrected chi connectivity index (χ3v) is 4.53. The number of carbonyl (C=O) groups is 2. The van der Waals surface area contributed by atoms with E-state index in [0.717, 1.165) is 4.90 Å². The smallest absolute Gasteiger partial charge is 0.319 e. The van der Waals surface area contributed by atoms with Crippen molar-refractivity contribution in [2.75, 3.05) is 6.54 Å². The van der Waals surface area contributed by atoms with Crippen molar-refractivity contribution in [3.63, 3.8) is 0 Å². The molecule has 1 aromatic carbocycles. The molecule has 0 spiro atoms. The summed E-state index contributed by atoms with van der Waals surface area (Å²) in [6.07, 6.45) is 2.92. The van der Waals surface area contributed by atoms with E-state index in [2.05, 4.69) is 15.4 Å². The van der Waals surface area contributed by atoms with Crippen LogP contribution in [0.4, 0.5) is 4.79 Å². The molecular formula is C14H13Cl2N5O2. The molecular weight excluding hydrogens is 341 g/mol. The molecule has 3 rings (SSSR count). The summed E-state index contributed by atoms with van der Waals surface area (Å²) in [6, 6.07) is 4.40. The van der Waals surface area contributed by atoms with Gasteiger partial charge in [-0.2, -0.15) is 5.10 Å². The molecule has 2 heterocycles. The molecule has 23 heavy (non-hydrogen) atoms. The lowest BCUT2D eigenvalue weighted by molar-refractivity contribution is -0.131. The first kappa shape index (κ1) is 15.8. The number of halogens is 2. The second-order valence-corrected chi connectivity index (χ2v) is 6.11. The fourth-order valence-corrected chi connectivity index (χ4v) is 2.75. The topological polar surface area (TPSA) is 80.1 Å². The molecule has 0 saturated carbocycles. The van der Waals surface area contributed by atoms with Crippen molar-refractivity contribution in [2.45, 2.75) is 19.0 Å². The Balaban J connectivity index is 1.82. The highest BCUT2D eigenvalue weighted by atomic mass is 35.5. The van der Waals surface area contributed by atoms with E-state index in [-0.39, 0.29) is 12.5 Å². The van der Waals surface area contributed by atoms with Gasteiger partial charge >= 0.3 is 6.03 Å². The molecule has 9 heteroatoms. The van der Waals surface area contributed by atoms with Gasteiger partial charge in [0.15, 0.2) is 0 Å². The van der Waals surface area contributed by atoms with Crippen LogP contribution in [0.25, 0.3) is 0 Å². The van der Waals surface area contributed by atoms with Crippen LogP contribution in [0.5, 0.6) is 0 Å². The van der Waals surface area contributed by atoms with E-state index in [4.69, 9.17) is 23.2 Å². The van der Waals surface area contributed by atoms with Gasteiger partial charge < -0.3 is 5.32 Å². The van der Waals surface area contributed by atoms with Crippen LogP contribution in [-0.2, 0) is 16.9 Å². The highest BCUT2D eigenvalue weighted by molar-refractivity contribution is 6.42. The molecule has 2 aromatic rings. The third kappa shape index (κ3) is 2.77. The molecule has 1 aliphatic rings. The number of hydrogen-bond acceptors (Lipinski definition) is 4. The Kier molecular flexibility index (Phi) is 3.99. The molecule has 3 amide bonds. The highest BCUT2D eigenvalue weighted by Crippen LogP contribution is 2.32. The van der Waals surface area contributed by atoms with Gasteiger partial charge in [-0.1, -0.05) is 29.3 Å². The van der Waals surface area contributed by atoms with Crippen LogP contribution in [0.2, 0.25) is 10.0 Å². The van der Waals surface area contributed by atoms with Gasteiger partial charge in [0, 0.05) is 0 Å². The van der Waals surface area contributed by atoms with Gasteiger partial charge in [-0.3, -0.25) is 14.4 Å². The van der Waals surface area contributed by atoms with E-state index in [1.54, 1.807) is 29.8 Å². The normalized spacial score (nSPS) is 20.9. The van der Waals surface area contributed by atoms with Crippen LogP contribution in [0.15, 0.2) is 30.9 Å². The summed E-state index contributed by atoms with van der Waals surface area (Å²) in [5, 5.41) is 7.38. The van der Waals surface area contributed by atoms with E-state index in [1.807, 2.05) is 0 Å². The van der Waals surface area contributed by atoms with Crippen LogP contribution in [-0.4, -0.2) is 38.1 Å². The van der Waals surface area contributed by atoms with Gasteiger partial charge in [-0.25, -0.2) is 9.78 Å². The van der Waals surface area contributed by atoms with Gasteiger partial charge in [0.05, 0.1) is 23.1 Å². The predicted molar refractivity (Wildman–Crippen MR) is 84.1 cm³/mol. The number of nitrogens with zero attached hydrogens (tertiary/aromatic N) is 4. The van der Waals surface area contributed by atoms with E-state index in [1.165, 1.54) is 12.7 Å². The second kappa shape index (κ2) is 5.82. The molecule has 7 nitrogen and oxygen atoms in total. The average Bonchev–Trinajstić information content (AvgIpc) is 3.09. The predicted octanol–water partition coefficient (Wildman–Crippen LogP) is 2.05. The lowest BCUT2D eigenvalue weighted by Gasteiger charge is -2.22. The molecule has 1 fully saturated rings. The van der Waals surface area contributed by atoms with Crippen LogP contribution in [0.3, 0.4) is 0 Å². The highest BCUT2D eigenvalue weighted by Gasteiger charge is 2.48. The van der Waals surface area contributed by atoms with Crippen LogP contribution in [0, 0.1) is 0 Å². The standard InChI is InChI=1S/C14H13Cl2N5O2/c1-14(9-2-3-10(15)11(16)6-9)12(22)21(13(23)19-14)5-4-20-8-17-7-18-20/h2-3,6-8H,4-5H2,1H3,(H,19,23). The first-order valence-corrected chi connectivity index (χ1v) is 7.59. The molecule has 1 unspecified atom stereocenters. The van der Waals surface area contributed by atoms with E-state index in [9.17, 15) is 9.59 Å². The quantitative estimate of drug-likeness (QED) is 0.853. The van der Waals surface area contributed by atoms with Crippen molar-refractivity contribution < 1.29 is 9.59 Å². The zero-order chi connectivity index (χ0) is 16.6. The van der Waals surface area contributed by atoms with Crippen LogP contribution in [0.1, 0.15) is 12.5 Å². The number of carbonyl (C=O) groups excluding carboxylic acids is 2. The number of nitrogens with one attached hydrogen (secondary N) is 1. The molecule has 1 N–H and O–H groups in total. The van der Waals surface area contributed by atoms with Crippen molar-refractivity contribution >= 4 is 35.1 Å². The largest absolute Gasteiger partial charge is 0.325 e. The molecule has 1 aromatic heterocycles. The average molecular weight is 354 g/mol. The van der Waals surface area contributed by atoms with E-state index < -0.39 is 11.6 Å². The van der Waals surface area contributed by atoms with E-state index in [0.29, 0.717) is 22.2 Å². The Labute approximate surface area is 142 Å². The minimum absolute atomic E-state index is 0.199. The number of hydrogen-bond donors (Lipinski definition) is 1. The zero-order valence-electron chi connectivity index (χ0n) is 12.2. The van der Waals surface area contributed by atoms with Crippen molar-refractivity contribution in [3.8, 4) is 0 Å². The summed E-state index contributed by atoms with van der Waals surface area (Å²) in [5.74, 6) is -0.346. The van der Waals surface area contributed by atoms with Gasteiger partial charge in [-0.15, -0.1) is 0 Å². The van der Waals surface area contributed by atoms with Gasteiger partial charge in [0.25, 0.3) is 5.91 Å². The van der Waals surface area contributed by atoms with Crippen LogP contribution < -0.4 is 5.32 Å². The molecule has 0 aliphatic carbocycles. The second-order valence-electron chi connectivity index (χ2n) is 5.30. The minimum Gasteiger partial charge on any atom is -0.319 e. The van der Waals surface area contributed by atoms with Crippen molar-refractivity contribution in [1.29, 1.82) is 0 Å². The number of urea groups is 1. The molecule has 0 radical (unpaired) electrons. The first-order valence-electron chi connectivity index (χ1n) is 6.84. The minimum atomic E-state index is -1.17. The third-order valence-electron chi connectivity index (χ3n) is 3.79. The van der Waals surface area contributed by atoms with Crippen molar-refractivity contribution in [1.82, 2.24) is 25.0 Å². The van der Waals surface area contributed by atoms with Crippen LogP contribution >= 0.6 is 23.2 Å². The molecule has 0 bridgehead atoms. The fraction of sp³-hybridized carbons (Fsp3) is 0.286. The summed E-state index contributed by atoms with van der Waals surface area (Å²) in [5.41, 5.74) is -0.596. The Morgan fingerprint density at radius 1 is 1.22 bits per heavy atom. The molecule has 1 saturated heterocycles. The summed E-state index contributed by atoms with van der Waals surface area (Å²) in [4.78, 5) is 29.9. The Morgan fingerprint density at radius 2 is 2.00 bits per heavy atom. The summed E-state index contributed by atoms with van der Waals surface area (Å²) in [6.45, 7) is 2.21. The van der Waals surface area contributed by atoms with Gasteiger partial charge in [0.1, 0.15) is 18.2 Å². The lowest BCUT2D eigenvalue weighted by Crippen LogP contribution is -2.41. The number of aromatic nitrogens is 3. The molecule has 120 valence electrons. The number of amides is 3. The first-order chi connectivity index (χ1) is 10.9. The van der Waals surface area contributed by atoms with Gasteiger partial charge in [-0.05, 0) is 24.6 Å².